The molecule has 4 nitrogen and oxygen atoms in total. The standard InChI is InChI=1S/C12H11ClFNO3/c1-12(5-9(16)15-10(12)11(17)18)7-3-2-6(14)4-8(7)13/h2-4,10H,5H2,1H3,(H,15,16)(H,17,18). The molecule has 18 heavy (non-hydrogen) atoms. The van der Waals surface area contributed by atoms with Crippen LogP contribution < -0.4 is 5.32 Å². The van der Waals surface area contributed by atoms with E-state index in [9.17, 15) is 14.0 Å². The van der Waals surface area contributed by atoms with Crippen molar-refractivity contribution in [1.29, 1.82) is 0 Å². The van der Waals surface area contributed by atoms with Gasteiger partial charge in [0.2, 0.25) is 5.91 Å². The lowest BCUT2D eigenvalue weighted by Gasteiger charge is -2.28. The SMILES string of the molecule is CC1(c2ccc(F)cc2Cl)CC(=O)NC1C(=O)O. The van der Waals surface area contributed by atoms with E-state index in [4.69, 9.17) is 16.7 Å². The van der Waals surface area contributed by atoms with Gasteiger partial charge < -0.3 is 10.4 Å². The fraction of sp³-hybridized carbons (Fsp3) is 0.333. The number of amides is 1. The predicted molar refractivity (Wildman–Crippen MR) is 62.9 cm³/mol. The third-order valence-electron chi connectivity index (χ3n) is 3.26. The summed E-state index contributed by atoms with van der Waals surface area (Å²) in [6, 6.07) is 2.68. The molecule has 1 amide bonds. The molecule has 1 aliphatic rings. The number of carboxylic acid groups (broad SMARTS) is 1. The molecule has 0 bridgehead atoms. The van der Waals surface area contributed by atoms with Gasteiger partial charge in [-0.05, 0) is 17.7 Å². The number of rotatable bonds is 2. The normalized spacial score (nSPS) is 27.1. The molecule has 0 aliphatic carbocycles. The molecule has 6 heteroatoms. The van der Waals surface area contributed by atoms with E-state index in [2.05, 4.69) is 5.32 Å². The first-order chi connectivity index (χ1) is 8.34. The Balaban J connectivity index is 2.52. The Hall–Kier alpha value is -1.62. The third kappa shape index (κ3) is 1.95. The van der Waals surface area contributed by atoms with Crippen LogP contribution in [-0.4, -0.2) is 23.0 Å². The van der Waals surface area contributed by atoms with E-state index in [1.54, 1.807) is 6.92 Å². The quantitative estimate of drug-likeness (QED) is 0.860. The molecule has 2 atom stereocenters. The van der Waals surface area contributed by atoms with E-state index < -0.39 is 23.2 Å². The molecule has 2 rings (SSSR count). The number of halogens is 2. The van der Waals surface area contributed by atoms with Crippen LogP contribution in [0.5, 0.6) is 0 Å². The number of carbonyl (C=O) groups is 2. The van der Waals surface area contributed by atoms with Gasteiger partial charge in [0.15, 0.2) is 0 Å². The molecular formula is C12H11ClFNO3. The molecule has 1 heterocycles. The first kappa shape index (κ1) is 12.8. The first-order valence-corrected chi connectivity index (χ1v) is 5.70. The lowest BCUT2D eigenvalue weighted by atomic mass is 9.76. The van der Waals surface area contributed by atoms with Crippen molar-refractivity contribution < 1.29 is 19.1 Å². The monoisotopic (exact) mass is 271 g/mol. The zero-order valence-corrected chi connectivity index (χ0v) is 10.3. The van der Waals surface area contributed by atoms with Crippen LogP contribution >= 0.6 is 11.6 Å². The van der Waals surface area contributed by atoms with Crippen LogP contribution in [0.4, 0.5) is 4.39 Å². The van der Waals surface area contributed by atoms with Crippen LogP contribution in [0.15, 0.2) is 18.2 Å². The van der Waals surface area contributed by atoms with Crippen molar-refractivity contribution in [2.45, 2.75) is 24.8 Å². The van der Waals surface area contributed by atoms with Gasteiger partial charge in [-0.15, -0.1) is 0 Å². The highest BCUT2D eigenvalue weighted by Crippen LogP contribution is 2.39. The number of aliphatic carboxylic acids is 1. The summed E-state index contributed by atoms with van der Waals surface area (Å²) in [4.78, 5) is 22.6. The van der Waals surface area contributed by atoms with Gasteiger partial charge in [0.25, 0.3) is 0 Å². The van der Waals surface area contributed by atoms with Crippen molar-refractivity contribution >= 4 is 23.5 Å². The van der Waals surface area contributed by atoms with Gasteiger partial charge >= 0.3 is 5.97 Å². The van der Waals surface area contributed by atoms with E-state index in [0.717, 1.165) is 6.07 Å². The Kier molecular flexibility index (Phi) is 3.02. The highest BCUT2D eigenvalue weighted by atomic mass is 35.5. The first-order valence-electron chi connectivity index (χ1n) is 5.32. The third-order valence-corrected chi connectivity index (χ3v) is 3.58. The second-order valence-electron chi connectivity index (χ2n) is 4.56. The van der Waals surface area contributed by atoms with Crippen LogP contribution in [0, 0.1) is 5.82 Å². The molecular weight excluding hydrogens is 261 g/mol. The Bertz CT molecular complexity index is 534. The Morgan fingerprint density at radius 2 is 2.28 bits per heavy atom. The number of hydrogen-bond acceptors (Lipinski definition) is 2. The molecule has 2 unspecified atom stereocenters. The number of hydrogen-bond donors (Lipinski definition) is 2. The van der Waals surface area contributed by atoms with Crippen molar-refractivity contribution in [2.75, 3.05) is 0 Å². The smallest absolute Gasteiger partial charge is 0.327 e. The summed E-state index contributed by atoms with van der Waals surface area (Å²) in [5.41, 5.74) is -0.524. The van der Waals surface area contributed by atoms with E-state index in [1.807, 2.05) is 0 Å². The highest BCUT2D eigenvalue weighted by molar-refractivity contribution is 6.31. The molecule has 0 radical (unpaired) electrons. The summed E-state index contributed by atoms with van der Waals surface area (Å²) in [7, 11) is 0. The largest absolute Gasteiger partial charge is 0.480 e. The number of carboxylic acids is 1. The fourth-order valence-corrected chi connectivity index (χ4v) is 2.73. The average Bonchev–Trinajstić information content (AvgIpc) is 2.54. The summed E-state index contributed by atoms with van der Waals surface area (Å²) < 4.78 is 13.0. The highest BCUT2D eigenvalue weighted by Gasteiger charge is 2.49. The van der Waals surface area contributed by atoms with Gasteiger partial charge in [0.1, 0.15) is 11.9 Å². The van der Waals surface area contributed by atoms with Gasteiger partial charge in [0.05, 0.1) is 0 Å². The molecule has 0 aromatic heterocycles. The molecule has 1 aromatic carbocycles. The van der Waals surface area contributed by atoms with Crippen molar-refractivity contribution in [3.63, 3.8) is 0 Å². The van der Waals surface area contributed by atoms with Gasteiger partial charge in [-0.3, -0.25) is 4.79 Å². The second kappa shape index (κ2) is 4.24. The molecule has 0 spiro atoms. The molecule has 1 aliphatic heterocycles. The van der Waals surface area contributed by atoms with Crippen LogP contribution in [0.1, 0.15) is 18.9 Å². The van der Waals surface area contributed by atoms with Crippen molar-refractivity contribution in [3.8, 4) is 0 Å². The van der Waals surface area contributed by atoms with Crippen molar-refractivity contribution in [3.05, 3.63) is 34.6 Å². The fourth-order valence-electron chi connectivity index (χ4n) is 2.34. The van der Waals surface area contributed by atoms with E-state index >= 15 is 0 Å². The summed E-state index contributed by atoms with van der Waals surface area (Å²) in [6.07, 6.45) is 0.00925. The van der Waals surface area contributed by atoms with Crippen LogP contribution in [0.3, 0.4) is 0 Å². The maximum atomic E-state index is 13.0. The average molecular weight is 272 g/mol. The maximum Gasteiger partial charge on any atom is 0.327 e. The van der Waals surface area contributed by atoms with Crippen LogP contribution in [-0.2, 0) is 15.0 Å². The molecule has 96 valence electrons. The minimum atomic E-state index is -1.14. The summed E-state index contributed by atoms with van der Waals surface area (Å²) in [5.74, 6) is -1.99. The van der Waals surface area contributed by atoms with Gasteiger partial charge in [-0.1, -0.05) is 24.6 Å². The topological polar surface area (TPSA) is 66.4 Å². The molecule has 1 aromatic rings. The Morgan fingerprint density at radius 1 is 1.61 bits per heavy atom. The second-order valence-corrected chi connectivity index (χ2v) is 4.96. The minimum Gasteiger partial charge on any atom is -0.480 e. The Morgan fingerprint density at radius 3 is 2.83 bits per heavy atom. The summed E-state index contributed by atoms with van der Waals surface area (Å²) >= 11 is 5.94. The Labute approximate surface area is 108 Å². The van der Waals surface area contributed by atoms with Crippen LogP contribution in [0.25, 0.3) is 0 Å². The van der Waals surface area contributed by atoms with Gasteiger partial charge in [-0.25, -0.2) is 9.18 Å². The molecule has 1 saturated heterocycles. The number of nitrogens with one attached hydrogen (secondary N) is 1. The van der Waals surface area contributed by atoms with Gasteiger partial charge in [-0.2, -0.15) is 0 Å². The van der Waals surface area contributed by atoms with E-state index in [-0.39, 0.29) is 17.4 Å². The van der Waals surface area contributed by atoms with Crippen molar-refractivity contribution in [1.82, 2.24) is 5.32 Å². The van der Waals surface area contributed by atoms with Crippen LogP contribution in [0.2, 0.25) is 5.02 Å². The van der Waals surface area contributed by atoms with Crippen molar-refractivity contribution in [2.24, 2.45) is 0 Å². The molecule has 1 fully saturated rings. The zero-order chi connectivity index (χ0) is 13.5. The minimum absolute atomic E-state index is 0.00925. The van der Waals surface area contributed by atoms with E-state index in [1.165, 1.54) is 12.1 Å². The lowest BCUT2D eigenvalue weighted by Crippen LogP contribution is -2.44. The van der Waals surface area contributed by atoms with Gasteiger partial charge in [0, 0.05) is 16.9 Å². The number of benzene rings is 1. The lowest BCUT2D eigenvalue weighted by molar-refractivity contribution is -0.141. The molecule has 0 saturated carbocycles. The van der Waals surface area contributed by atoms with E-state index in [0.29, 0.717) is 5.56 Å². The predicted octanol–water partition coefficient (Wildman–Crippen LogP) is 1.71. The molecule has 2 N–H and O–H groups in total. The summed E-state index contributed by atoms with van der Waals surface area (Å²) in [5, 5.41) is 11.7. The summed E-state index contributed by atoms with van der Waals surface area (Å²) in [6.45, 7) is 1.63. The number of carbonyl (C=O) groups excluding carboxylic acids is 1. The maximum absolute atomic E-state index is 13.0. The zero-order valence-electron chi connectivity index (χ0n) is 9.54.